The molecule has 0 saturated carbocycles. The highest BCUT2D eigenvalue weighted by atomic mass is 35.5. The summed E-state index contributed by atoms with van der Waals surface area (Å²) in [5, 5.41) is 9.88. The first-order valence-corrected chi connectivity index (χ1v) is 8.18. The molecule has 7 heteroatoms. The molecule has 1 heterocycles. The number of nitriles is 1. The van der Waals surface area contributed by atoms with Gasteiger partial charge in [-0.25, -0.2) is 0 Å². The molecule has 5 nitrogen and oxygen atoms in total. The number of rotatable bonds is 3. The largest absolute Gasteiger partial charge is 0.459 e. The molecule has 0 aliphatic heterocycles. The number of hydrogen-bond acceptors (Lipinski definition) is 4. The SMILES string of the molecule is CC(C)(C)OC(=O)Cn1cc(Cl)c(-c2cc(Cl)ccc2C#N)cc1=O. The van der Waals surface area contributed by atoms with Gasteiger partial charge in [0.2, 0.25) is 0 Å². The number of aromatic nitrogens is 1. The number of nitrogens with zero attached hydrogens (tertiary/aromatic N) is 2. The van der Waals surface area contributed by atoms with Gasteiger partial charge >= 0.3 is 5.97 Å². The van der Waals surface area contributed by atoms with E-state index in [-0.39, 0.29) is 11.6 Å². The smallest absolute Gasteiger partial charge is 0.326 e. The lowest BCUT2D eigenvalue weighted by atomic mass is 10.0. The molecule has 0 aliphatic carbocycles. The lowest BCUT2D eigenvalue weighted by molar-refractivity contribution is -0.155. The fourth-order valence-corrected chi connectivity index (χ4v) is 2.67. The zero-order valence-electron chi connectivity index (χ0n) is 14.0. The van der Waals surface area contributed by atoms with Gasteiger partial charge in [0.15, 0.2) is 0 Å². The summed E-state index contributed by atoms with van der Waals surface area (Å²) in [5.74, 6) is -0.543. The second-order valence-corrected chi connectivity index (χ2v) is 7.23. The molecule has 0 saturated heterocycles. The second-order valence-electron chi connectivity index (χ2n) is 6.39. The molecule has 0 amide bonds. The summed E-state index contributed by atoms with van der Waals surface area (Å²) in [4.78, 5) is 24.2. The quantitative estimate of drug-likeness (QED) is 0.755. The number of carbonyl (C=O) groups is 1. The molecular formula is C18H16Cl2N2O3. The summed E-state index contributed by atoms with van der Waals surface area (Å²) in [7, 11) is 0. The van der Waals surface area contributed by atoms with Crippen molar-refractivity contribution < 1.29 is 9.53 Å². The average Bonchev–Trinajstić information content (AvgIpc) is 2.48. The van der Waals surface area contributed by atoms with E-state index in [9.17, 15) is 14.9 Å². The van der Waals surface area contributed by atoms with Crippen LogP contribution in [0.5, 0.6) is 0 Å². The molecule has 0 radical (unpaired) electrons. The van der Waals surface area contributed by atoms with E-state index in [1.807, 2.05) is 6.07 Å². The fourth-order valence-electron chi connectivity index (χ4n) is 2.22. The first kappa shape index (κ1) is 19.0. The topological polar surface area (TPSA) is 72.1 Å². The molecule has 130 valence electrons. The van der Waals surface area contributed by atoms with Crippen LogP contribution in [0.2, 0.25) is 10.0 Å². The Morgan fingerprint density at radius 3 is 2.52 bits per heavy atom. The van der Waals surface area contributed by atoms with E-state index in [0.29, 0.717) is 21.7 Å². The van der Waals surface area contributed by atoms with Crippen molar-refractivity contribution in [1.82, 2.24) is 4.57 Å². The normalized spacial score (nSPS) is 11.0. The monoisotopic (exact) mass is 378 g/mol. The van der Waals surface area contributed by atoms with Gasteiger partial charge in [-0.3, -0.25) is 9.59 Å². The highest BCUT2D eigenvalue weighted by Gasteiger charge is 2.18. The Labute approximate surface area is 155 Å². The number of halogens is 2. The van der Waals surface area contributed by atoms with Crippen LogP contribution >= 0.6 is 23.2 Å². The summed E-state index contributed by atoms with van der Waals surface area (Å²) in [6.45, 7) is 4.97. The summed E-state index contributed by atoms with van der Waals surface area (Å²) in [6, 6.07) is 8.03. The maximum Gasteiger partial charge on any atom is 0.326 e. The summed E-state index contributed by atoms with van der Waals surface area (Å²) >= 11 is 12.2. The molecule has 0 fully saturated rings. The number of benzene rings is 1. The Bertz CT molecular complexity index is 921. The van der Waals surface area contributed by atoms with Gasteiger partial charge in [0.1, 0.15) is 12.1 Å². The van der Waals surface area contributed by atoms with Crippen molar-refractivity contribution in [1.29, 1.82) is 5.26 Å². The van der Waals surface area contributed by atoms with Crippen LogP contribution in [0, 0.1) is 11.3 Å². The van der Waals surface area contributed by atoms with Crippen LogP contribution in [0.4, 0.5) is 0 Å². The predicted molar refractivity (Wildman–Crippen MR) is 96.7 cm³/mol. The van der Waals surface area contributed by atoms with Crippen molar-refractivity contribution in [3.05, 3.63) is 56.4 Å². The van der Waals surface area contributed by atoms with Crippen molar-refractivity contribution in [2.45, 2.75) is 32.9 Å². The van der Waals surface area contributed by atoms with Crippen molar-refractivity contribution in [2.24, 2.45) is 0 Å². The number of esters is 1. The van der Waals surface area contributed by atoms with Crippen LogP contribution in [-0.2, 0) is 16.1 Å². The minimum atomic E-state index is -0.646. The minimum absolute atomic E-state index is 0.224. The lowest BCUT2D eigenvalue weighted by Crippen LogP contribution is -2.30. The molecular weight excluding hydrogens is 363 g/mol. The Morgan fingerprint density at radius 1 is 1.24 bits per heavy atom. The minimum Gasteiger partial charge on any atom is -0.459 e. The maximum atomic E-state index is 12.3. The fraction of sp³-hybridized carbons (Fsp3) is 0.278. The van der Waals surface area contributed by atoms with Gasteiger partial charge in [-0.2, -0.15) is 5.26 Å². The van der Waals surface area contributed by atoms with Gasteiger partial charge in [-0.15, -0.1) is 0 Å². The van der Waals surface area contributed by atoms with Crippen LogP contribution in [0.1, 0.15) is 26.3 Å². The standard InChI is InChI=1S/C18H16Cl2N2O3/c1-18(2,3)25-17(24)10-22-9-15(20)14(7-16(22)23)13-6-12(19)5-4-11(13)8-21/h4-7,9H,10H2,1-3H3. The molecule has 2 aromatic rings. The molecule has 0 N–H and O–H groups in total. The number of pyridine rings is 1. The molecule has 0 atom stereocenters. The van der Waals surface area contributed by atoms with Gasteiger partial charge < -0.3 is 9.30 Å². The van der Waals surface area contributed by atoms with Gasteiger partial charge in [0, 0.05) is 28.4 Å². The van der Waals surface area contributed by atoms with Crippen molar-refractivity contribution in [2.75, 3.05) is 0 Å². The van der Waals surface area contributed by atoms with E-state index in [1.165, 1.54) is 12.3 Å². The summed E-state index contributed by atoms with van der Waals surface area (Å²) in [6.07, 6.45) is 1.35. The van der Waals surface area contributed by atoms with Crippen molar-refractivity contribution >= 4 is 29.2 Å². The average molecular weight is 379 g/mol. The molecule has 0 bridgehead atoms. The van der Waals surface area contributed by atoms with E-state index in [2.05, 4.69) is 0 Å². The van der Waals surface area contributed by atoms with Crippen LogP contribution in [0.15, 0.2) is 35.3 Å². The number of ether oxygens (including phenoxy) is 1. The van der Waals surface area contributed by atoms with E-state index in [4.69, 9.17) is 27.9 Å². The number of carbonyl (C=O) groups excluding carboxylic acids is 1. The first-order valence-electron chi connectivity index (χ1n) is 7.42. The maximum absolute atomic E-state index is 12.3. The predicted octanol–water partition coefficient (Wildman–Crippen LogP) is 4.04. The molecule has 2 rings (SSSR count). The van der Waals surface area contributed by atoms with Gasteiger partial charge in [-0.05, 0) is 39.0 Å². The zero-order chi connectivity index (χ0) is 18.8. The van der Waals surface area contributed by atoms with Crippen molar-refractivity contribution in [3.63, 3.8) is 0 Å². The van der Waals surface area contributed by atoms with Crippen LogP contribution in [0.3, 0.4) is 0 Å². The molecule has 0 spiro atoms. The lowest BCUT2D eigenvalue weighted by Gasteiger charge is -2.20. The Balaban J connectivity index is 2.42. The third-order valence-electron chi connectivity index (χ3n) is 3.19. The highest BCUT2D eigenvalue weighted by Crippen LogP contribution is 2.31. The summed E-state index contributed by atoms with van der Waals surface area (Å²) < 4.78 is 6.36. The van der Waals surface area contributed by atoms with Crippen LogP contribution in [-0.4, -0.2) is 16.1 Å². The summed E-state index contributed by atoms with van der Waals surface area (Å²) in [5.41, 5.74) is 0.102. The van der Waals surface area contributed by atoms with E-state index < -0.39 is 17.1 Å². The third kappa shape index (κ3) is 4.85. The molecule has 1 aromatic carbocycles. The van der Waals surface area contributed by atoms with Gasteiger partial charge in [0.25, 0.3) is 5.56 Å². The highest BCUT2D eigenvalue weighted by molar-refractivity contribution is 6.33. The molecule has 0 unspecified atom stereocenters. The number of hydrogen-bond donors (Lipinski definition) is 0. The van der Waals surface area contributed by atoms with Crippen molar-refractivity contribution in [3.8, 4) is 17.2 Å². The zero-order valence-corrected chi connectivity index (χ0v) is 15.5. The molecule has 0 aliphatic rings. The third-order valence-corrected chi connectivity index (χ3v) is 3.73. The van der Waals surface area contributed by atoms with Crippen LogP contribution in [0.25, 0.3) is 11.1 Å². The second kappa shape index (κ2) is 7.30. The van der Waals surface area contributed by atoms with E-state index in [0.717, 1.165) is 4.57 Å². The molecule has 1 aromatic heterocycles. The van der Waals surface area contributed by atoms with E-state index in [1.54, 1.807) is 39.0 Å². The Morgan fingerprint density at radius 2 is 1.92 bits per heavy atom. The first-order chi connectivity index (χ1) is 11.6. The van der Waals surface area contributed by atoms with E-state index >= 15 is 0 Å². The van der Waals surface area contributed by atoms with Gasteiger partial charge in [-0.1, -0.05) is 23.2 Å². The molecule has 25 heavy (non-hydrogen) atoms. The Kier molecular flexibility index (Phi) is 5.56. The van der Waals surface area contributed by atoms with Gasteiger partial charge in [0.05, 0.1) is 16.7 Å². The Hall–Kier alpha value is -2.29. The van der Waals surface area contributed by atoms with Crippen LogP contribution < -0.4 is 5.56 Å².